The number of halogens is 2. The van der Waals surface area contributed by atoms with E-state index in [-0.39, 0.29) is 5.91 Å². The van der Waals surface area contributed by atoms with Crippen molar-refractivity contribution in [2.75, 3.05) is 5.75 Å². The van der Waals surface area contributed by atoms with E-state index in [9.17, 15) is 4.79 Å². The molecule has 0 aromatic heterocycles. The van der Waals surface area contributed by atoms with Gasteiger partial charge in [0.05, 0.1) is 12.0 Å². The fourth-order valence-electron chi connectivity index (χ4n) is 1.44. The molecule has 1 N–H and O–H groups in total. The maximum absolute atomic E-state index is 11.6. The Morgan fingerprint density at radius 3 is 2.52 bits per heavy atom. The third kappa shape index (κ3) is 5.91. The van der Waals surface area contributed by atoms with Gasteiger partial charge in [0.1, 0.15) is 0 Å². The van der Waals surface area contributed by atoms with E-state index in [1.54, 1.807) is 18.3 Å². The van der Waals surface area contributed by atoms with Crippen LogP contribution in [-0.4, -0.2) is 17.9 Å². The summed E-state index contributed by atoms with van der Waals surface area (Å²) in [6, 6.07) is 15.0. The van der Waals surface area contributed by atoms with Crippen LogP contribution in [0.3, 0.4) is 0 Å². The van der Waals surface area contributed by atoms with E-state index in [1.807, 2.05) is 36.4 Å². The summed E-state index contributed by atoms with van der Waals surface area (Å²) in [7, 11) is 0. The van der Waals surface area contributed by atoms with Crippen LogP contribution in [0.5, 0.6) is 0 Å². The van der Waals surface area contributed by atoms with E-state index < -0.39 is 0 Å². The van der Waals surface area contributed by atoms with E-state index in [1.165, 1.54) is 11.8 Å². The molecule has 0 unspecified atom stereocenters. The Balaban J connectivity index is 1.77. The lowest BCUT2D eigenvalue weighted by Gasteiger charge is -2.01. The molecule has 0 bridgehead atoms. The highest BCUT2D eigenvalue weighted by atomic mass is 79.9. The maximum Gasteiger partial charge on any atom is 0.250 e. The lowest BCUT2D eigenvalue weighted by molar-refractivity contribution is -0.118. The first kappa shape index (κ1) is 16.1. The van der Waals surface area contributed by atoms with Crippen molar-refractivity contribution in [3.05, 3.63) is 63.6 Å². The largest absolute Gasteiger partial charge is 0.272 e. The molecular weight excluding hydrogens is 372 g/mol. The topological polar surface area (TPSA) is 41.5 Å². The number of benzene rings is 2. The van der Waals surface area contributed by atoms with Crippen LogP contribution in [0.15, 0.2) is 63.0 Å². The zero-order valence-electron chi connectivity index (χ0n) is 10.9. The fourth-order valence-corrected chi connectivity index (χ4v) is 2.52. The minimum absolute atomic E-state index is 0.150. The maximum atomic E-state index is 11.6. The van der Waals surface area contributed by atoms with Crippen LogP contribution in [0.1, 0.15) is 5.56 Å². The number of hydrogen-bond acceptors (Lipinski definition) is 3. The van der Waals surface area contributed by atoms with E-state index in [0.717, 1.165) is 14.9 Å². The van der Waals surface area contributed by atoms with Gasteiger partial charge in [0.15, 0.2) is 0 Å². The van der Waals surface area contributed by atoms with Crippen molar-refractivity contribution in [2.24, 2.45) is 5.10 Å². The van der Waals surface area contributed by atoms with Crippen molar-refractivity contribution in [1.29, 1.82) is 0 Å². The summed E-state index contributed by atoms with van der Waals surface area (Å²) in [5.41, 5.74) is 3.42. The van der Waals surface area contributed by atoms with Crippen LogP contribution in [0.4, 0.5) is 0 Å². The van der Waals surface area contributed by atoms with Crippen LogP contribution >= 0.6 is 39.3 Å². The smallest absolute Gasteiger partial charge is 0.250 e. The summed E-state index contributed by atoms with van der Waals surface area (Å²) in [5.74, 6) is 0.155. The molecule has 2 aromatic rings. The van der Waals surface area contributed by atoms with Gasteiger partial charge >= 0.3 is 0 Å². The van der Waals surface area contributed by atoms with Crippen LogP contribution in [0.25, 0.3) is 0 Å². The van der Waals surface area contributed by atoms with Gasteiger partial charge in [0.2, 0.25) is 5.91 Å². The number of carbonyl (C=O) groups is 1. The summed E-state index contributed by atoms with van der Waals surface area (Å²) >= 11 is 10.6. The van der Waals surface area contributed by atoms with Crippen LogP contribution < -0.4 is 5.43 Å². The van der Waals surface area contributed by atoms with Gasteiger partial charge < -0.3 is 0 Å². The highest BCUT2D eigenvalue weighted by molar-refractivity contribution is 9.10. The highest BCUT2D eigenvalue weighted by Crippen LogP contribution is 2.19. The fraction of sp³-hybridized carbons (Fsp3) is 0.0667. The van der Waals surface area contributed by atoms with Crippen molar-refractivity contribution in [3.8, 4) is 0 Å². The predicted octanol–water partition coefficient (Wildman–Crippen LogP) is 4.34. The Labute approximate surface area is 140 Å². The summed E-state index contributed by atoms with van der Waals surface area (Å²) in [4.78, 5) is 12.6. The number of nitrogens with zero attached hydrogens (tertiary/aromatic N) is 1. The molecule has 1 amide bonds. The minimum atomic E-state index is -0.150. The third-order valence-electron chi connectivity index (χ3n) is 2.46. The SMILES string of the molecule is O=C(CSc1ccc(Cl)cc1)N/N=C/c1ccc(Br)cc1. The van der Waals surface area contributed by atoms with Crippen LogP contribution in [-0.2, 0) is 4.79 Å². The second-order valence-corrected chi connectivity index (χ2v) is 6.49. The molecule has 0 spiro atoms. The van der Waals surface area contributed by atoms with E-state index in [2.05, 4.69) is 26.5 Å². The lowest BCUT2D eigenvalue weighted by atomic mass is 10.2. The number of rotatable bonds is 5. The summed E-state index contributed by atoms with van der Waals surface area (Å²) < 4.78 is 1.00. The molecule has 0 aliphatic rings. The lowest BCUT2D eigenvalue weighted by Crippen LogP contribution is -2.19. The van der Waals surface area contributed by atoms with E-state index in [0.29, 0.717) is 10.8 Å². The molecule has 0 aliphatic heterocycles. The number of carbonyl (C=O) groups excluding carboxylic acids is 1. The molecule has 0 heterocycles. The first-order chi connectivity index (χ1) is 10.1. The molecule has 0 saturated heterocycles. The first-order valence-corrected chi connectivity index (χ1v) is 8.25. The molecule has 21 heavy (non-hydrogen) atoms. The zero-order valence-corrected chi connectivity index (χ0v) is 14.1. The Morgan fingerprint density at radius 2 is 1.86 bits per heavy atom. The Morgan fingerprint density at radius 1 is 1.19 bits per heavy atom. The second-order valence-electron chi connectivity index (χ2n) is 4.09. The normalized spacial score (nSPS) is 10.8. The van der Waals surface area contributed by atoms with Crippen LogP contribution in [0.2, 0.25) is 5.02 Å². The molecule has 0 aliphatic carbocycles. The number of nitrogens with one attached hydrogen (secondary N) is 1. The average molecular weight is 384 g/mol. The van der Waals surface area contributed by atoms with Crippen molar-refractivity contribution in [2.45, 2.75) is 4.90 Å². The van der Waals surface area contributed by atoms with Gasteiger partial charge in [0.25, 0.3) is 0 Å². The van der Waals surface area contributed by atoms with E-state index >= 15 is 0 Å². The molecule has 0 radical (unpaired) electrons. The first-order valence-electron chi connectivity index (χ1n) is 6.09. The van der Waals surface area contributed by atoms with Crippen molar-refractivity contribution >= 4 is 51.4 Å². The van der Waals surface area contributed by atoms with E-state index in [4.69, 9.17) is 11.6 Å². The van der Waals surface area contributed by atoms with Gasteiger partial charge in [-0.3, -0.25) is 4.79 Å². The van der Waals surface area contributed by atoms with Crippen molar-refractivity contribution in [1.82, 2.24) is 5.43 Å². The quantitative estimate of drug-likeness (QED) is 0.474. The number of hydrogen-bond donors (Lipinski definition) is 1. The zero-order chi connectivity index (χ0) is 15.1. The molecule has 2 rings (SSSR count). The predicted molar refractivity (Wildman–Crippen MR) is 92.1 cm³/mol. The highest BCUT2D eigenvalue weighted by Gasteiger charge is 2.01. The molecule has 6 heteroatoms. The molecule has 0 atom stereocenters. The van der Waals surface area contributed by atoms with Gasteiger partial charge in [-0.2, -0.15) is 5.10 Å². The van der Waals surface area contributed by atoms with Gasteiger partial charge in [-0.15, -0.1) is 11.8 Å². The van der Waals surface area contributed by atoms with Gasteiger partial charge in [-0.1, -0.05) is 39.7 Å². The van der Waals surface area contributed by atoms with Gasteiger partial charge in [-0.25, -0.2) is 5.43 Å². The summed E-state index contributed by atoms with van der Waals surface area (Å²) in [6.45, 7) is 0. The van der Waals surface area contributed by atoms with Gasteiger partial charge in [0, 0.05) is 14.4 Å². The van der Waals surface area contributed by atoms with Crippen LogP contribution in [0, 0.1) is 0 Å². The number of hydrazone groups is 1. The Kier molecular flexibility index (Phi) is 6.29. The standard InChI is InChI=1S/C15H12BrClN2OS/c16-12-3-1-11(2-4-12)9-18-19-15(20)10-21-14-7-5-13(17)6-8-14/h1-9H,10H2,(H,19,20)/b18-9+. The number of amides is 1. The molecule has 0 fully saturated rings. The molecule has 3 nitrogen and oxygen atoms in total. The monoisotopic (exact) mass is 382 g/mol. The molecule has 0 saturated carbocycles. The second kappa shape index (κ2) is 8.22. The Bertz CT molecular complexity index is 629. The Hall–Kier alpha value is -1.30. The number of thioether (sulfide) groups is 1. The van der Waals surface area contributed by atoms with Gasteiger partial charge in [-0.05, 0) is 42.0 Å². The summed E-state index contributed by atoms with van der Waals surface area (Å²) in [6.07, 6.45) is 1.61. The molecular formula is C15H12BrClN2OS. The minimum Gasteiger partial charge on any atom is -0.272 e. The average Bonchev–Trinajstić information content (AvgIpc) is 2.49. The molecule has 108 valence electrons. The third-order valence-corrected chi connectivity index (χ3v) is 4.25. The molecule has 2 aromatic carbocycles. The summed E-state index contributed by atoms with van der Waals surface area (Å²) in [5, 5.41) is 4.61. The van der Waals surface area contributed by atoms with Crippen molar-refractivity contribution < 1.29 is 4.79 Å². The van der Waals surface area contributed by atoms with Crippen molar-refractivity contribution in [3.63, 3.8) is 0 Å².